The van der Waals surface area contributed by atoms with Crippen LogP contribution in [-0.4, -0.2) is 29.8 Å². The number of rotatable bonds is 4. The number of aromatic nitrogens is 6. The van der Waals surface area contributed by atoms with Crippen LogP contribution in [0.1, 0.15) is 5.56 Å². The lowest BCUT2D eigenvalue weighted by molar-refractivity contribution is 0.465. The van der Waals surface area contributed by atoms with E-state index in [0.29, 0.717) is 22.5 Å². The Kier molecular flexibility index (Phi) is 4.23. The fraction of sp³-hybridized carbons (Fsp3) is 0. The van der Waals surface area contributed by atoms with Gasteiger partial charge >= 0.3 is 0 Å². The standard InChI is InChI=1S/C20H11N7OS/c21-11-13-6-8-15(9-7-13)18-25-26-20(28-18)29-17-10-16(14-4-2-1-3-5-14)24-19-22-12-23-27(17)19/h1-10,12H. The summed E-state index contributed by atoms with van der Waals surface area (Å²) < 4.78 is 7.42. The molecule has 0 aliphatic heterocycles. The first-order valence-electron chi connectivity index (χ1n) is 8.58. The Balaban J connectivity index is 1.50. The first-order chi connectivity index (χ1) is 14.3. The number of hydrogen-bond acceptors (Lipinski definition) is 8. The Labute approximate surface area is 168 Å². The molecule has 0 saturated heterocycles. The van der Waals surface area contributed by atoms with Crippen molar-refractivity contribution in [1.29, 1.82) is 5.26 Å². The van der Waals surface area contributed by atoms with E-state index in [-0.39, 0.29) is 0 Å². The molecule has 3 heterocycles. The normalized spacial score (nSPS) is 10.9. The lowest BCUT2D eigenvalue weighted by Crippen LogP contribution is -1.97. The molecule has 138 valence electrons. The molecular weight excluding hydrogens is 386 g/mol. The summed E-state index contributed by atoms with van der Waals surface area (Å²) >= 11 is 1.28. The topological polar surface area (TPSA) is 106 Å². The van der Waals surface area contributed by atoms with Gasteiger partial charge in [0.1, 0.15) is 11.4 Å². The van der Waals surface area contributed by atoms with Crippen LogP contribution in [-0.2, 0) is 0 Å². The summed E-state index contributed by atoms with van der Waals surface area (Å²) in [7, 11) is 0. The van der Waals surface area contributed by atoms with E-state index in [1.165, 1.54) is 18.1 Å². The number of nitrogens with zero attached hydrogens (tertiary/aromatic N) is 7. The molecule has 0 N–H and O–H groups in total. The van der Waals surface area contributed by atoms with Crippen LogP contribution in [0, 0.1) is 11.3 Å². The van der Waals surface area contributed by atoms with Gasteiger partial charge in [0.15, 0.2) is 0 Å². The zero-order chi connectivity index (χ0) is 19.6. The Morgan fingerprint density at radius 2 is 1.79 bits per heavy atom. The van der Waals surface area contributed by atoms with E-state index in [9.17, 15) is 0 Å². The summed E-state index contributed by atoms with van der Waals surface area (Å²) in [5.41, 5.74) is 3.07. The summed E-state index contributed by atoms with van der Waals surface area (Å²) in [6, 6.07) is 20.8. The maximum atomic E-state index is 8.92. The van der Waals surface area contributed by atoms with Crippen molar-refractivity contribution in [3.63, 3.8) is 0 Å². The molecule has 8 nitrogen and oxygen atoms in total. The smallest absolute Gasteiger partial charge is 0.283 e. The second-order valence-corrected chi connectivity index (χ2v) is 6.95. The van der Waals surface area contributed by atoms with E-state index in [0.717, 1.165) is 21.8 Å². The van der Waals surface area contributed by atoms with Gasteiger partial charge in [-0.3, -0.25) is 0 Å². The Hall–Kier alpha value is -4.03. The lowest BCUT2D eigenvalue weighted by atomic mass is 10.1. The number of benzene rings is 2. The molecule has 0 radical (unpaired) electrons. The lowest BCUT2D eigenvalue weighted by Gasteiger charge is -2.05. The maximum absolute atomic E-state index is 8.92. The van der Waals surface area contributed by atoms with E-state index in [2.05, 4.69) is 31.3 Å². The predicted molar refractivity (Wildman–Crippen MR) is 105 cm³/mol. The van der Waals surface area contributed by atoms with E-state index in [1.54, 1.807) is 28.8 Å². The average Bonchev–Trinajstić information content (AvgIpc) is 3.44. The third-order valence-corrected chi connectivity index (χ3v) is 4.99. The van der Waals surface area contributed by atoms with Crippen LogP contribution in [0.15, 0.2) is 81.7 Å². The van der Waals surface area contributed by atoms with Gasteiger partial charge < -0.3 is 4.42 Å². The molecule has 0 atom stereocenters. The SMILES string of the molecule is N#Cc1ccc(-c2nnc(Sc3cc(-c4ccccc4)nc4ncnn34)o2)cc1. The van der Waals surface area contributed by atoms with Gasteiger partial charge in [-0.25, -0.2) is 4.98 Å². The van der Waals surface area contributed by atoms with Crippen molar-refractivity contribution in [2.45, 2.75) is 10.2 Å². The maximum Gasteiger partial charge on any atom is 0.283 e. The van der Waals surface area contributed by atoms with Gasteiger partial charge in [0, 0.05) is 11.1 Å². The minimum Gasteiger partial charge on any atom is -0.411 e. The Bertz CT molecular complexity index is 1340. The van der Waals surface area contributed by atoms with Gasteiger partial charge in [-0.1, -0.05) is 30.3 Å². The molecule has 0 fully saturated rings. The minimum absolute atomic E-state index is 0.367. The number of nitriles is 1. The molecule has 0 saturated carbocycles. The van der Waals surface area contributed by atoms with E-state index in [1.807, 2.05) is 36.4 Å². The molecular formula is C20H11N7OS. The van der Waals surface area contributed by atoms with E-state index < -0.39 is 0 Å². The van der Waals surface area contributed by atoms with Crippen LogP contribution in [0.4, 0.5) is 0 Å². The van der Waals surface area contributed by atoms with Crippen LogP contribution in [0.5, 0.6) is 0 Å². The first kappa shape index (κ1) is 17.1. The minimum atomic E-state index is 0.367. The molecule has 0 bridgehead atoms. The third kappa shape index (κ3) is 3.33. The highest BCUT2D eigenvalue weighted by Gasteiger charge is 2.15. The molecule has 29 heavy (non-hydrogen) atoms. The number of hydrogen-bond donors (Lipinski definition) is 0. The zero-order valence-electron chi connectivity index (χ0n) is 14.8. The van der Waals surface area contributed by atoms with Crippen molar-refractivity contribution in [2.24, 2.45) is 0 Å². The fourth-order valence-corrected chi connectivity index (χ4v) is 3.53. The molecule has 9 heteroatoms. The number of fused-ring (bicyclic) bond motifs is 1. The molecule has 5 aromatic rings. The quantitative estimate of drug-likeness (QED) is 0.421. The molecule has 2 aromatic carbocycles. The van der Waals surface area contributed by atoms with E-state index >= 15 is 0 Å². The van der Waals surface area contributed by atoms with Crippen LogP contribution >= 0.6 is 11.8 Å². The highest BCUT2D eigenvalue weighted by molar-refractivity contribution is 7.99. The van der Waals surface area contributed by atoms with Crippen molar-refractivity contribution >= 4 is 17.5 Å². The summed E-state index contributed by atoms with van der Waals surface area (Å²) in [5.74, 6) is 0.866. The van der Waals surface area contributed by atoms with Crippen LogP contribution < -0.4 is 0 Å². The average molecular weight is 397 g/mol. The van der Waals surface area contributed by atoms with Crippen molar-refractivity contribution in [2.75, 3.05) is 0 Å². The summed E-state index contributed by atoms with van der Waals surface area (Å²) in [6.45, 7) is 0. The van der Waals surface area contributed by atoms with Gasteiger partial charge in [0.2, 0.25) is 5.89 Å². The summed E-state index contributed by atoms with van der Waals surface area (Å²) in [4.78, 5) is 8.77. The van der Waals surface area contributed by atoms with Crippen molar-refractivity contribution < 1.29 is 4.42 Å². The van der Waals surface area contributed by atoms with Crippen molar-refractivity contribution in [3.05, 3.63) is 72.6 Å². The highest BCUT2D eigenvalue weighted by atomic mass is 32.2. The second kappa shape index (κ2) is 7.18. The summed E-state index contributed by atoms with van der Waals surface area (Å²) in [5, 5.41) is 22.5. The molecule has 0 amide bonds. The van der Waals surface area contributed by atoms with Crippen molar-refractivity contribution in [1.82, 2.24) is 29.8 Å². The molecule has 0 aliphatic carbocycles. The van der Waals surface area contributed by atoms with Gasteiger partial charge in [0.25, 0.3) is 11.0 Å². The zero-order valence-corrected chi connectivity index (χ0v) is 15.6. The monoisotopic (exact) mass is 397 g/mol. The molecule has 3 aromatic heterocycles. The molecule has 0 aliphatic rings. The largest absolute Gasteiger partial charge is 0.411 e. The summed E-state index contributed by atoms with van der Waals surface area (Å²) in [6.07, 6.45) is 1.46. The second-order valence-electron chi connectivity index (χ2n) is 5.98. The molecule has 5 rings (SSSR count). The Morgan fingerprint density at radius 3 is 2.59 bits per heavy atom. The van der Waals surface area contributed by atoms with Gasteiger partial charge in [-0.2, -0.15) is 19.9 Å². The van der Waals surface area contributed by atoms with Crippen LogP contribution in [0.2, 0.25) is 0 Å². The van der Waals surface area contributed by atoms with Crippen LogP contribution in [0.25, 0.3) is 28.5 Å². The van der Waals surface area contributed by atoms with Gasteiger partial charge in [0.05, 0.1) is 17.3 Å². The molecule has 0 unspecified atom stereocenters. The Morgan fingerprint density at radius 1 is 0.966 bits per heavy atom. The van der Waals surface area contributed by atoms with Gasteiger partial charge in [-0.05, 0) is 42.1 Å². The fourth-order valence-electron chi connectivity index (χ4n) is 2.76. The van der Waals surface area contributed by atoms with Gasteiger partial charge in [-0.15, -0.1) is 10.2 Å². The first-order valence-corrected chi connectivity index (χ1v) is 9.40. The van der Waals surface area contributed by atoms with Crippen molar-refractivity contribution in [3.8, 4) is 28.8 Å². The third-order valence-electron chi connectivity index (χ3n) is 4.15. The highest BCUT2D eigenvalue weighted by Crippen LogP contribution is 2.31. The molecule has 0 spiro atoms. The van der Waals surface area contributed by atoms with E-state index in [4.69, 9.17) is 9.68 Å². The predicted octanol–water partition coefficient (Wildman–Crippen LogP) is 3.86. The van der Waals surface area contributed by atoms with Crippen LogP contribution in [0.3, 0.4) is 0 Å².